The van der Waals surface area contributed by atoms with E-state index in [-0.39, 0.29) is 5.69 Å². The first-order valence-electron chi connectivity index (χ1n) is 4.17. The lowest BCUT2D eigenvalue weighted by molar-refractivity contribution is 0.359. The van der Waals surface area contributed by atoms with Crippen LogP contribution in [0, 0.1) is 11.6 Å². The summed E-state index contributed by atoms with van der Waals surface area (Å²) in [6.45, 7) is 0. The predicted molar refractivity (Wildman–Crippen MR) is 52.5 cm³/mol. The average molecular weight is 210 g/mol. The minimum Gasteiger partial charge on any atom is -0.227 e. The van der Waals surface area contributed by atoms with E-state index in [2.05, 4.69) is 5.10 Å². The molecule has 6 heteroatoms. The average Bonchev–Trinajstić information content (AvgIpc) is 2.16. The van der Waals surface area contributed by atoms with Crippen molar-refractivity contribution < 1.29 is 8.78 Å². The molecule has 1 heterocycles. The molecule has 0 amide bonds. The van der Waals surface area contributed by atoms with E-state index in [9.17, 15) is 8.78 Å². The third-order valence-corrected chi connectivity index (χ3v) is 1.80. The summed E-state index contributed by atoms with van der Waals surface area (Å²) >= 11 is 0. The number of benzene rings is 1. The quantitative estimate of drug-likeness (QED) is 0.712. The second kappa shape index (κ2) is 3.66. The number of nitrogens with two attached hydrogens (primary N) is 1. The molecule has 1 aliphatic rings. The van der Waals surface area contributed by atoms with Crippen molar-refractivity contribution in [1.82, 2.24) is 5.12 Å². The molecule has 0 saturated heterocycles. The molecule has 0 bridgehead atoms. The lowest BCUT2D eigenvalue weighted by atomic mass is 10.3. The summed E-state index contributed by atoms with van der Waals surface area (Å²) in [5.74, 6) is 4.17. The van der Waals surface area contributed by atoms with Gasteiger partial charge in [-0.05, 0) is 6.08 Å². The summed E-state index contributed by atoms with van der Waals surface area (Å²) < 4.78 is 25.8. The molecule has 0 aliphatic carbocycles. The molecule has 4 nitrogen and oxygen atoms in total. The first-order chi connectivity index (χ1) is 7.16. The first kappa shape index (κ1) is 9.60. The Morgan fingerprint density at radius 2 is 1.80 bits per heavy atom. The smallest absolute Gasteiger partial charge is 0.128 e. The monoisotopic (exact) mass is 210 g/mol. The van der Waals surface area contributed by atoms with Crippen LogP contribution in [0.25, 0.3) is 0 Å². The van der Waals surface area contributed by atoms with Gasteiger partial charge in [0.25, 0.3) is 0 Å². The van der Waals surface area contributed by atoms with Crippen LogP contribution in [-0.2, 0) is 0 Å². The third kappa shape index (κ3) is 1.94. The highest BCUT2D eigenvalue weighted by Gasteiger charge is 2.12. The van der Waals surface area contributed by atoms with Gasteiger partial charge in [0.2, 0.25) is 0 Å². The molecule has 0 unspecified atom stereocenters. The van der Waals surface area contributed by atoms with E-state index in [1.807, 2.05) is 0 Å². The van der Waals surface area contributed by atoms with E-state index in [0.29, 0.717) is 0 Å². The van der Waals surface area contributed by atoms with E-state index in [4.69, 9.17) is 5.84 Å². The summed E-state index contributed by atoms with van der Waals surface area (Å²) in [6.07, 6.45) is 4.58. The minimum atomic E-state index is -0.678. The molecule has 0 fully saturated rings. The first-order valence-corrected chi connectivity index (χ1v) is 4.17. The van der Waals surface area contributed by atoms with Gasteiger partial charge in [-0.3, -0.25) is 0 Å². The van der Waals surface area contributed by atoms with Crippen LogP contribution in [0.3, 0.4) is 0 Å². The summed E-state index contributed by atoms with van der Waals surface area (Å²) in [5.41, 5.74) is 0.218. The van der Waals surface area contributed by atoms with Gasteiger partial charge in [0.05, 0.1) is 11.9 Å². The van der Waals surface area contributed by atoms with Crippen molar-refractivity contribution in [3.63, 3.8) is 0 Å². The molecule has 15 heavy (non-hydrogen) atoms. The van der Waals surface area contributed by atoms with Crippen LogP contribution in [-0.4, -0.2) is 11.3 Å². The van der Waals surface area contributed by atoms with Crippen LogP contribution in [0.2, 0.25) is 0 Å². The van der Waals surface area contributed by atoms with Crippen molar-refractivity contribution in [2.24, 2.45) is 10.9 Å². The van der Waals surface area contributed by atoms with E-state index in [1.54, 1.807) is 6.08 Å². The summed E-state index contributed by atoms with van der Waals surface area (Å²) in [7, 11) is 0. The molecular weight excluding hydrogens is 202 g/mol. The molecule has 1 aromatic rings. The zero-order chi connectivity index (χ0) is 10.8. The Morgan fingerprint density at radius 3 is 2.40 bits per heavy atom. The van der Waals surface area contributed by atoms with Crippen molar-refractivity contribution in [2.45, 2.75) is 0 Å². The van der Waals surface area contributed by atoms with Crippen LogP contribution in [0.1, 0.15) is 0 Å². The van der Waals surface area contributed by atoms with Gasteiger partial charge in [-0.15, -0.1) is 0 Å². The third-order valence-electron chi connectivity index (χ3n) is 1.80. The zero-order valence-electron chi connectivity index (χ0n) is 7.64. The SMILES string of the molecule is NN1C=CC=NN1c1cc(F)cc(F)c1. The van der Waals surface area contributed by atoms with Gasteiger partial charge < -0.3 is 0 Å². The molecular formula is C9H8F2N4. The lowest BCUT2D eigenvalue weighted by Gasteiger charge is -2.28. The van der Waals surface area contributed by atoms with E-state index in [1.165, 1.54) is 17.5 Å². The number of halogens is 2. The second-order valence-corrected chi connectivity index (χ2v) is 2.90. The predicted octanol–water partition coefficient (Wildman–Crippen LogP) is 1.38. The number of hydrazone groups is 1. The number of nitrogens with zero attached hydrogens (tertiary/aromatic N) is 3. The van der Waals surface area contributed by atoms with E-state index < -0.39 is 11.6 Å². The molecule has 78 valence electrons. The van der Waals surface area contributed by atoms with Gasteiger partial charge in [0.15, 0.2) is 0 Å². The van der Waals surface area contributed by atoms with Crippen molar-refractivity contribution in [2.75, 3.05) is 5.12 Å². The fourth-order valence-electron chi connectivity index (χ4n) is 1.21. The van der Waals surface area contributed by atoms with Crippen LogP contribution in [0.5, 0.6) is 0 Å². The fraction of sp³-hybridized carbons (Fsp3) is 0. The standard InChI is InChI=1S/C9H8F2N4/c10-7-4-8(11)6-9(5-7)15-13-2-1-3-14(15)12/h1-6H,12H2. The van der Waals surface area contributed by atoms with Gasteiger partial charge in [0.1, 0.15) is 11.6 Å². The summed E-state index contributed by atoms with van der Waals surface area (Å²) in [4.78, 5) is 0. The highest BCUT2D eigenvalue weighted by Crippen LogP contribution is 2.19. The topological polar surface area (TPSA) is 44.9 Å². The number of hydrogen-bond acceptors (Lipinski definition) is 4. The number of anilines is 1. The van der Waals surface area contributed by atoms with Gasteiger partial charge in [0, 0.05) is 24.4 Å². The summed E-state index contributed by atoms with van der Waals surface area (Å²) in [5, 5.41) is 6.14. The molecule has 2 rings (SSSR count). The van der Waals surface area contributed by atoms with Crippen molar-refractivity contribution >= 4 is 11.9 Å². The molecule has 1 aliphatic heterocycles. The largest absolute Gasteiger partial charge is 0.227 e. The van der Waals surface area contributed by atoms with Crippen LogP contribution in [0.15, 0.2) is 35.6 Å². The van der Waals surface area contributed by atoms with Crippen LogP contribution >= 0.6 is 0 Å². The molecule has 0 aromatic heterocycles. The maximum Gasteiger partial charge on any atom is 0.128 e. The fourth-order valence-corrected chi connectivity index (χ4v) is 1.21. The number of hydrogen-bond donors (Lipinski definition) is 1. The Bertz CT molecular complexity index is 410. The minimum absolute atomic E-state index is 0.218. The zero-order valence-corrected chi connectivity index (χ0v) is 7.64. The van der Waals surface area contributed by atoms with Gasteiger partial charge in [-0.2, -0.15) is 10.2 Å². The Hall–Kier alpha value is -1.95. The van der Waals surface area contributed by atoms with Crippen LogP contribution < -0.4 is 11.0 Å². The Morgan fingerprint density at radius 1 is 1.13 bits per heavy atom. The number of allylic oxidation sites excluding steroid dienone is 1. The van der Waals surface area contributed by atoms with Gasteiger partial charge in [-0.1, -0.05) is 0 Å². The molecule has 0 radical (unpaired) electrons. The molecule has 2 N–H and O–H groups in total. The molecule has 1 aromatic carbocycles. The number of hydrazine groups is 2. The molecule has 0 saturated carbocycles. The van der Waals surface area contributed by atoms with E-state index >= 15 is 0 Å². The van der Waals surface area contributed by atoms with Gasteiger partial charge >= 0.3 is 0 Å². The van der Waals surface area contributed by atoms with Crippen molar-refractivity contribution in [1.29, 1.82) is 0 Å². The van der Waals surface area contributed by atoms with Gasteiger partial charge in [-0.25, -0.2) is 19.7 Å². The Kier molecular flexibility index (Phi) is 2.34. The normalized spacial score (nSPS) is 14.9. The Labute approximate surface area is 84.8 Å². The second-order valence-electron chi connectivity index (χ2n) is 2.90. The lowest BCUT2D eigenvalue weighted by Crippen LogP contribution is -2.41. The maximum absolute atomic E-state index is 12.9. The van der Waals surface area contributed by atoms with Crippen LogP contribution in [0.4, 0.5) is 14.5 Å². The molecule has 0 atom stereocenters. The highest BCUT2D eigenvalue weighted by molar-refractivity contribution is 5.73. The molecule has 0 spiro atoms. The van der Waals surface area contributed by atoms with Crippen molar-refractivity contribution in [3.05, 3.63) is 42.1 Å². The number of rotatable bonds is 1. The maximum atomic E-state index is 12.9. The van der Waals surface area contributed by atoms with Crippen molar-refractivity contribution in [3.8, 4) is 0 Å². The Balaban J connectivity index is 2.37. The highest BCUT2D eigenvalue weighted by atomic mass is 19.1. The van der Waals surface area contributed by atoms with E-state index in [0.717, 1.165) is 23.3 Å². The summed E-state index contributed by atoms with van der Waals surface area (Å²) in [6, 6.07) is 3.06.